The second kappa shape index (κ2) is 6.24. The zero-order valence-electron chi connectivity index (χ0n) is 11.2. The number of carbonyl (C=O) groups excluding carboxylic acids is 1. The molecule has 21 heavy (non-hydrogen) atoms. The highest BCUT2D eigenvalue weighted by molar-refractivity contribution is 7.22. The van der Waals surface area contributed by atoms with E-state index in [1.165, 1.54) is 16.9 Å². The molecule has 0 spiro atoms. The number of hydrogen-bond donors (Lipinski definition) is 1. The Labute approximate surface area is 131 Å². The van der Waals surface area contributed by atoms with E-state index in [2.05, 4.69) is 22.4 Å². The van der Waals surface area contributed by atoms with E-state index in [9.17, 15) is 4.79 Å². The highest BCUT2D eigenvalue weighted by Crippen LogP contribution is 2.26. The van der Waals surface area contributed by atoms with Gasteiger partial charge in [-0.3, -0.25) is 4.79 Å². The summed E-state index contributed by atoms with van der Waals surface area (Å²) in [5.74, 6) is -0.0719. The largest absolute Gasteiger partial charge is 0.352 e. The summed E-state index contributed by atoms with van der Waals surface area (Å²) in [6.45, 7) is 0.615. The highest BCUT2D eigenvalue weighted by Gasteiger charge is 2.08. The second-order valence-electron chi connectivity index (χ2n) is 4.64. The number of carbonyl (C=O) groups is 1. The molecule has 0 aliphatic rings. The van der Waals surface area contributed by atoms with Crippen LogP contribution in [-0.4, -0.2) is 17.4 Å². The van der Waals surface area contributed by atoms with Gasteiger partial charge in [0.15, 0.2) is 4.47 Å². The van der Waals surface area contributed by atoms with E-state index in [1.54, 1.807) is 6.07 Å². The van der Waals surface area contributed by atoms with Gasteiger partial charge in [0.05, 0.1) is 10.2 Å². The van der Waals surface area contributed by atoms with E-state index in [0.717, 1.165) is 16.6 Å². The predicted octanol–water partition coefficient (Wildman–Crippen LogP) is 3.92. The Kier molecular flexibility index (Phi) is 4.18. The Morgan fingerprint density at radius 3 is 2.81 bits per heavy atom. The van der Waals surface area contributed by atoms with Gasteiger partial charge in [0.1, 0.15) is 0 Å². The van der Waals surface area contributed by atoms with Crippen LogP contribution >= 0.6 is 22.9 Å². The Morgan fingerprint density at radius 1 is 1.19 bits per heavy atom. The molecule has 0 atom stereocenters. The molecular weight excluding hydrogens is 304 g/mol. The third-order valence-electron chi connectivity index (χ3n) is 3.17. The molecule has 5 heteroatoms. The third-order valence-corrected chi connectivity index (χ3v) is 4.29. The van der Waals surface area contributed by atoms with Crippen molar-refractivity contribution in [2.75, 3.05) is 6.54 Å². The molecule has 0 aliphatic carbocycles. The molecule has 3 nitrogen and oxygen atoms in total. The summed E-state index contributed by atoms with van der Waals surface area (Å²) in [4.78, 5) is 16.3. The summed E-state index contributed by atoms with van der Waals surface area (Å²) < 4.78 is 1.42. The molecular formula is C16H13ClN2OS. The van der Waals surface area contributed by atoms with Crippen molar-refractivity contribution in [3.05, 3.63) is 64.1 Å². The first-order valence-electron chi connectivity index (χ1n) is 6.60. The fourth-order valence-corrected chi connectivity index (χ4v) is 3.17. The Balaban J connectivity index is 1.63. The van der Waals surface area contributed by atoms with Crippen LogP contribution in [0.1, 0.15) is 15.9 Å². The molecule has 0 fully saturated rings. The number of amides is 1. The van der Waals surface area contributed by atoms with Crippen molar-refractivity contribution >= 4 is 39.1 Å². The van der Waals surface area contributed by atoms with E-state index >= 15 is 0 Å². The maximum atomic E-state index is 12.1. The van der Waals surface area contributed by atoms with Gasteiger partial charge in [0.25, 0.3) is 5.91 Å². The average Bonchev–Trinajstić information content (AvgIpc) is 2.87. The molecule has 0 unspecified atom stereocenters. The number of rotatable bonds is 4. The topological polar surface area (TPSA) is 42.0 Å². The molecule has 1 amide bonds. The number of aromatic nitrogens is 1. The Morgan fingerprint density at radius 2 is 2.00 bits per heavy atom. The van der Waals surface area contributed by atoms with Crippen molar-refractivity contribution < 1.29 is 4.79 Å². The summed E-state index contributed by atoms with van der Waals surface area (Å²) in [6, 6.07) is 15.5. The van der Waals surface area contributed by atoms with Crippen LogP contribution in [0.5, 0.6) is 0 Å². The number of nitrogens with one attached hydrogen (secondary N) is 1. The molecule has 106 valence electrons. The van der Waals surface area contributed by atoms with Crippen molar-refractivity contribution in [3.8, 4) is 0 Å². The van der Waals surface area contributed by atoms with Gasteiger partial charge in [-0.25, -0.2) is 4.98 Å². The maximum Gasteiger partial charge on any atom is 0.251 e. The van der Waals surface area contributed by atoms with Crippen LogP contribution in [0.3, 0.4) is 0 Å². The number of fused-ring (bicyclic) bond motifs is 1. The monoisotopic (exact) mass is 316 g/mol. The lowest BCUT2D eigenvalue weighted by atomic mass is 10.1. The molecule has 0 aliphatic heterocycles. The molecule has 0 saturated carbocycles. The second-order valence-corrected chi connectivity index (χ2v) is 6.25. The van der Waals surface area contributed by atoms with Crippen LogP contribution in [0.25, 0.3) is 10.2 Å². The van der Waals surface area contributed by atoms with Gasteiger partial charge in [0, 0.05) is 12.1 Å². The predicted molar refractivity (Wildman–Crippen MR) is 87.1 cm³/mol. The van der Waals surface area contributed by atoms with Gasteiger partial charge in [-0.05, 0) is 30.2 Å². The van der Waals surface area contributed by atoms with E-state index in [4.69, 9.17) is 11.6 Å². The number of benzene rings is 2. The minimum Gasteiger partial charge on any atom is -0.352 e. The van der Waals surface area contributed by atoms with Crippen LogP contribution in [-0.2, 0) is 6.42 Å². The number of hydrogen-bond acceptors (Lipinski definition) is 3. The van der Waals surface area contributed by atoms with Crippen molar-refractivity contribution in [3.63, 3.8) is 0 Å². The first kappa shape index (κ1) is 14.0. The van der Waals surface area contributed by atoms with Crippen LogP contribution < -0.4 is 5.32 Å². The SMILES string of the molecule is O=C(NCCc1ccccc1)c1ccc2nc(Cl)sc2c1. The first-order chi connectivity index (χ1) is 10.2. The summed E-state index contributed by atoms with van der Waals surface area (Å²) in [6.07, 6.45) is 0.821. The fraction of sp³-hybridized carbons (Fsp3) is 0.125. The lowest BCUT2D eigenvalue weighted by Gasteiger charge is -2.05. The molecule has 3 aromatic rings. The van der Waals surface area contributed by atoms with E-state index < -0.39 is 0 Å². The maximum absolute atomic E-state index is 12.1. The molecule has 1 N–H and O–H groups in total. The summed E-state index contributed by atoms with van der Waals surface area (Å²) in [5, 5.41) is 2.93. The Hall–Kier alpha value is -1.91. The quantitative estimate of drug-likeness (QED) is 0.792. The van der Waals surface area contributed by atoms with Gasteiger partial charge in [-0.1, -0.05) is 41.9 Å². The van der Waals surface area contributed by atoms with Gasteiger partial charge in [-0.15, -0.1) is 11.3 Å². The van der Waals surface area contributed by atoms with Gasteiger partial charge in [-0.2, -0.15) is 0 Å². The molecule has 3 rings (SSSR count). The smallest absolute Gasteiger partial charge is 0.251 e. The van der Waals surface area contributed by atoms with E-state index in [1.807, 2.05) is 30.3 Å². The standard InChI is InChI=1S/C16H13ClN2OS/c17-16-19-13-7-6-12(10-14(13)21-16)15(20)18-9-8-11-4-2-1-3-5-11/h1-7,10H,8-9H2,(H,18,20). The number of halogens is 1. The van der Waals surface area contributed by atoms with Gasteiger partial charge >= 0.3 is 0 Å². The number of thiazole rings is 1. The van der Waals surface area contributed by atoms with Crippen molar-refractivity contribution in [1.29, 1.82) is 0 Å². The Bertz CT molecular complexity index is 770. The molecule has 2 aromatic carbocycles. The molecule has 0 bridgehead atoms. The molecule has 0 radical (unpaired) electrons. The zero-order valence-corrected chi connectivity index (χ0v) is 12.7. The summed E-state index contributed by atoms with van der Waals surface area (Å²) in [7, 11) is 0. The summed E-state index contributed by atoms with van der Waals surface area (Å²) >= 11 is 7.25. The third kappa shape index (κ3) is 3.40. The average molecular weight is 317 g/mol. The van der Waals surface area contributed by atoms with Crippen LogP contribution in [0.2, 0.25) is 4.47 Å². The minimum atomic E-state index is -0.0719. The zero-order chi connectivity index (χ0) is 14.7. The van der Waals surface area contributed by atoms with Crippen molar-refractivity contribution in [1.82, 2.24) is 10.3 Å². The van der Waals surface area contributed by atoms with Crippen molar-refractivity contribution in [2.24, 2.45) is 0 Å². The van der Waals surface area contributed by atoms with Crippen LogP contribution in [0.4, 0.5) is 0 Å². The van der Waals surface area contributed by atoms with Gasteiger partial charge in [0.2, 0.25) is 0 Å². The molecule has 1 heterocycles. The molecule has 0 saturated heterocycles. The molecule has 1 aromatic heterocycles. The minimum absolute atomic E-state index is 0.0719. The lowest BCUT2D eigenvalue weighted by Crippen LogP contribution is -2.25. The summed E-state index contributed by atoms with van der Waals surface area (Å²) in [5.41, 5.74) is 2.67. The fourth-order valence-electron chi connectivity index (χ4n) is 2.10. The van der Waals surface area contributed by atoms with Gasteiger partial charge < -0.3 is 5.32 Å². The van der Waals surface area contributed by atoms with E-state index in [-0.39, 0.29) is 5.91 Å². The van der Waals surface area contributed by atoms with E-state index in [0.29, 0.717) is 16.6 Å². The highest BCUT2D eigenvalue weighted by atomic mass is 35.5. The van der Waals surface area contributed by atoms with Crippen LogP contribution in [0.15, 0.2) is 48.5 Å². The normalized spacial score (nSPS) is 10.7. The number of nitrogens with zero attached hydrogens (tertiary/aromatic N) is 1. The van der Waals surface area contributed by atoms with Crippen LogP contribution in [0, 0.1) is 0 Å². The van der Waals surface area contributed by atoms with Crippen molar-refractivity contribution in [2.45, 2.75) is 6.42 Å². The first-order valence-corrected chi connectivity index (χ1v) is 7.80. The lowest BCUT2D eigenvalue weighted by molar-refractivity contribution is 0.0954.